The van der Waals surface area contributed by atoms with E-state index in [0.717, 1.165) is 38.1 Å². The van der Waals surface area contributed by atoms with Crippen LogP contribution in [0.1, 0.15) is 32.6 Å². The SMILES string of the molecule is CC1(C(=O)NC2CCNCC2)CCCS1. The van der Waals surface area contributed by atoms with Crippen molar-refractivity contribution in [3.8, 4) is 0 Å². The summed E-state index contributed by atoms with van der Waals surface area (Å²) in [5.74, 6) is 1.40. The van der Waals surface area contributed by atoms with Gasteiger partial charge in [0.05, 0.1) is 4.75 Å². The molecule has 2 fully saturated rings. The fraction of sp³-hybridized carbons (Fsp3) is 0.909. The highest BCUT2D eigenvalue weighted by molar-refractivity contribution is 8.01. The van der Waals surface area contributed by atoms with Gasteiger partial charge in [-0.1, -0.05) is 0 Å². The van der Waals surface area contributed by atoms with Crippen LogP contribution in [0.5, 0.6) is 0 Å². The van der Waals surface area contributed by atoms with Crippen molar-refractivity contribution in [2.45, 2.75) is 43.4 Å². The van der Waals surface area contributed by atoms with E-state index in [-0.39, 0.29) is 10.7 Å². The predicted molar refractivity (Wildman–Crippen MR) is 64.1 cm³/mol. The highest BCUT2D eigenvalue weighted by atomic mass is 32.2. The Labute approximate surface area is 95.8 Å². The third-order valence-corrected chi connectivity index (χ3v) is 4.89. The summed E-state index contributed by atoms with van der Waals surface area (Å²) >= 11 is 1.81. The minimum absolute atomic E-state index is 0.148. The van der Waals surface area contributed by atoms with E-state index in [1.807, 2.05) is 11.8 Å². The van der Waals surface area contributed by atoms with E-state index in [2.05, 4.69) is 17.6 Å². The van der Waals surface area contributed by atoms with E-state index in [0.29, 0.717) is 6.04 Å². The average molecular weight is 228 g/mol. The number of thioether (sulfide) groups is 1. The molecule has 15 heavy (non-hydrogen) atoms. The van der Waals surface area contributed by atoms with Gasteiger partial charge >= 0.3 is 0 Å². The molecule has 2 heterocycles. The van der Waals surface area contributed by atoms with E-state index in [1.54, 1.807) is 0 Å². The maximum atomic E-state index is 12.1. The molecular formula is C11H20N2OS. The number of amides is 1. The summed E-state index contributed by atoms with van der Waals surface area (Å²) in [4.78, 5) is 12.1. The van der Waals surface area contributed by atoms with Crippen molar-refractivity contribution >= 4 is 17.7 Å². The topological polar surface area (TPSA) is 41.1 Å². The molecule has 4 heteroatoms. The summed E-state index contributed by atoms with van der Waals surface area (Å²) in [5.41, 5.74) is 0. The van der Waals surface area contributed by atoms with Crippen LogP contribution in [-0.4, -0.2) is 35.5 Å². The molecule has 0 aromatic rings. The van der Waals surface area contributed by atoms with Gasteiger partial charge in [0, 0.05) is 6.04 Å². The molecule has 0 saturated carbocycles. The van der Waals surface area contributed by atoms with Crippen molar-refractivity contribution < 1.29 is 4.79 Å². The number of rotatable bonds is 2. The Kier molecular flexibility index (Phi) is 3.57. The predicted octanol–water partition coefficient (Wildman–Crippen LogP) is 1.14. The van der Waals surface area contributed by atoms with Gasteiger partial charge in [-0.2, -0.15) is 0 Å². The minimum Gasteiger partial charge on any atom is -0.352 e. The lowest BCUT2D eigenvalue weighted by Crippen LogP contribution is -2.49. The van der Waals surface area contributed by atoms with Crippen LogP contribution >= 0.6 is 11.8 Å². The number of hydrogen-bond acceptors (Lipinski definition) is 3. The monoisotopic (exact) mass is 228 g/mol. The van der Waals surface area contributed by atoms with E-state index in [4.69, 9.17) is 0 Å². The molecule has 2 saturated heterocycles. The molecule has 0 bridgehead atoms. The normalized spacial score (nSPS) is 32.9. The zero-order valence-corrected chi connectivity index (χ0v) is 10.2. The lowest BCUT2D eigenvalue weighted by atomic mass is 10.0. The molecule has 2 rings (SSSR count). The maximum absolute atomic E-state index is 12.1. The third kappa shape index (κ3) is 2.67. The van der Waals surface area contributed by atoms with Crippen LogP contribution in [0.2, 0.25) is 0 Å². The second-order valence-electron chi connectivity index (χ2n) is 4.68. The fourth-order valence-electron chi connectivity index (χ4n) is 2.26. The van der Waals surface area contributed by atoms with Crippen LogP contribution in [0.25, 0.3) is 0 Å². The Bertz CT molecular complexity index is 233. The largest absolute Gasteiger partial charge is 0.352 e. The van der Waals surface area contributed by atoms with Gasteiger partial charge in [0.1, 0.15) is 0 Å². The molecule has 1 unspecified atom stereocenters. The van der Waals surface area contributed by atoms with E-state index < -0.39 is 0 Å². The van der Waals surface area contributed by atoms with Gasteiger partial charge in [-0.05, 0) is 51.4 Å². The number of piperidine rings is 1. The van der Waals surface area contributed by atoms with Crippen LogP contribution < -0.4 is 10.6 Å². The molecular weight excluding hydrogens is 208 g/mol. The van der Waals surface area contributed by atoms with Crippen LogP contribution in [0.15, 0.2) is 0 Å². The third-order valence-electron chi connectivity index (χ3n) is 3.37. The van der Waals surface area contributed by atoms with Crippen LogP contribution in [0.3, 0.4) is 0 Å². The maximum Gasteiger partial charge on any atom is 0.236 e. The first-order valence-electron chi connectivity index (χ1n) is 5.86. The van der Waals surface area contributed by atoms with Gasteiger partial charge in [0.2, 0.25) is 5.91 Å². The number of carbonyl (C=O) groups excluding carboxylic acids is 1. The summed E-state index contributed by atoms with van der Waals surface area (Å²) in [6.45, 7) is 4.16. The molecule has 2 aliphatic rings. The summed E-state index contributed by atoms with van der Waals surface area (Å²) in [6, 6.07) is 0.400. The highest BCUT2D eigenvalue weighted by Gasteiger charge is 2.37. The summed E-state index contributed by atoms with van der Waals surface area (Å²) in [7, 11) is 0. The smallest absolute Gasteiger partial charge is 0.236 e. The highest BCUT2D eigenvalue weighted by Crippen LogP contribution is 2.37. The lowest BCUT2D eigenvalue weighted by Gasteiger charge is -2.28. The molecule has 0 aromatic carbocycles. The molecule has 0 radical (unpaired) electrons. The van der Waals surface area contributed by atoms with Crippen molar-refractivity contribution in [2.24, 2.45) is 0 Å². The Morgan fingerprint density at radius 3 is 2.80 bits per heavy atom. The van der Waals surface area contributed by atoms with Crippen molar-refractivity contribution in [1.29, 1.82) is 0 Å². The number of hydrogen-bond donors (Lipinski definition) is 2. The molecule has 86 valence electrons. The molecule has 3 nitrogen and oxygen atoms in total. The van der Waals surface area contributed by atoms with Crippen molar-refractivity contribution in [3.05, 3.63) is 0 Å². The molecule has 2 N–H and O–H groups in total. The van der Waals surface area contributed by atoms with Gasteiger partial charge in [0.15, 0.2) is 0 Å². The van der Waals surface area contributed by atoms with E-state index in [1.165, 1.54) is 6.42 Å². The average Bonchev–Trinajstić information content (AvgIpc) is 2.68. The Morgan fingerprint density at radius 1 is 1.47 bits per heavy atom. The second kappa shape index (κ2) is 4.74. The minimum atomic E-state index is -0.148. The van der Waals surface area contributed by atoms with Crippen LogP contribution in [0.4, 0.5) is 0 Å². The van der Waals surface area contributed by atoms with Crippen LogP contribution in [-0.2, 0) is 4.79 Å². The summed E-state index contributed by atoms with van der Waals surface area (Å²) in [5, 5.41) is 6.51. The first kappa shape index (κ1) is 11.3. The lowest BCUT2D eigenvalue weighted by molar-refractivity contribution is -0.124. The molecule has 0 aliphatic carbocycles. The van der Waals surface area contributed by atoms with E-state index in [9.17, 15) is 4.79 Å². The molecule has 0 spiro atoms. The number of carbonyl (C=O) groups is 1. The first-order valence-corrected chi connectivity index (χ1v) is 6.85. The fourth-order valence-corrected chi connectivity index (χ4v) is 3.48. The van der Waals surface area contributed by atoms with Gasteiger partial charge in [-0.3, -0.25) is 4.79 Å². The first-order chi connectivity index (χ1) is 7.21. The van der Waals surface area contributed by atoms with E-state index >= 15 is 0 Å². The second-order valence-corrected chi connectivity index (χ2v) is 6.28. The Hall–Kier alpha value is -0.220. The Balaban J connectivity index is 1.85. The molecule has 0 aromatic heterocycles. The quantitative estimate of drug-likeness (QED) is 0.745. The zero-order valence-electron chi connectivity index (χ0n) is 9.34. The standard InChI is InChI=1S/C11H20N2OS/c1-11(5-2-8-15-11)10(14)13-9-3-6-12-7-4-9/h9,12H,2-8H2,1H3,(H,13,14). The van der Waals surface area contributed by atoms with Crippen molar-refractivity contribution in [3.63, 3.8) is 0 Å². The van der Waals surface area contributed by atoms with Gasteiger partial charge in [0.25, 0.3) is 0 Å². The van der Waals surface area contributed by atoms with Crippen molar-refractivity contribution in [2.75, 3.05) is 18.8 Å². The van der Waals surface area contributed by atoms with Gasteiger partial charge < -0.3 is 10.6 Å². The molecule has 1 amide bonds. The summed E-state index contributed by atoms with van der Waals surface area (Å²) in [6.07, 6.45) is 4.37. The van der Waals surface area contributed by atoms with Gasteiger partial charge in [-0.25, -0.2) is 0 Å². The molecule has 1 atom stereocenters. The van der Waals surface area contributed by atoms with Gasteiger partial charge in [-0.15, -0.1) is 11.8 Å². The molecule has 2 aliphatic heterocycles. The summed E-state index contributed by atoms with van der Waals surface area (Å²) < 4.78 is -0.148. The zero-order chi connectivity index (χ0) is 10.7. The van der Waals surface area contributed by atoms with Crippen LogP contribution in [0, 0.1) is 0 Å². The Morgan fingerprint density at radius 2 is 2.20 bits per heavy atom. The number of nitrogens with one attached hydrogen (secondary N) is 2. The van der Waals surface area contributed by atoms with Crippen molar-refractivity contribution in [1.82, 2.24) is 10.6 Å².